The number of carbonyl (C=O) groups is 1. The summed E-state index contributed by atoms with van der Waals surface area (Å²) in [5.41, 5.74) is 3.43. The van der Waals surface area contributed by atoms with Crippen LogP contribution in [0.25, 0.3) is 11.1 Å². The first-order chi connectivity index (χ1) is 8.26. The Labute approximate surface area is 101 Å². The highest BCUT2D eigenvalue weighted by Gasteiger charge is 2.08. The van der Waals surface area contributed by atoms with Crippen molar-refractivity contribution in [1.82, 2.24) is 0 Å². The van der Waals surface area contributed by atoms with Crippen LogP contribution >= 0.6 is 0 Å². The Balaban J connectivity index is 2.62. The van der Waals surface area contributed by atoms with Crippen molar-refractivity contribution in [2.24, 2.45) is 0 Å². The molecule has 0 amide bonds. The lowest BCUT2D eigenvalue weighted by atomic mass is 9.96. The van der Waals surface area contributed by atoms with Gasteiger partial charge in [0.05, 0.1) is 0 Å². The fourth-order valence-corrected chi connectivity index (χ4v) is 1.93. The molecule has 86 valence electrons. The molecule has 0 aliphatic heterocycles. The van der Waals surface area contributed by atoms with Crippen LogP contribution in [0.2, 0.25) is 0 Å². The van der Waals surface area contributed by atoms with Gasteiger partial charge in [0.2, 0.25) is 0 Å². The molecule has 2 aromatic rings. The minimum absolute atomic E-state index is 0.205. The molecule has 0 aromatic heterocycles. The molecule has 2 aromatic carbocycles. The van der Waals surface area contributed by atoms with Gasteiger partial charge in [0.25, 0.3) is 0 Å². The van der Waals surface area contributed by atoms with E-state index in [4.69, 9.17) is 0 Å². The number of phenols is 1. The van der Waals surface area contributed by atoms with Gasteiger partial charge in [0, 0.05) is 11.1 Å². The molecular formula is C15H14O2. The number of phenolic OH excluding ortho intramolecular Hbond substituents is 1. The second-order valence-corrected chi connectivity index (χ2v) is 3.91. The smallest absolute Gasteiger partial charge is 0.150 e. The third-order valence-electron chi connectivity index (χ3n) is 2.85. The van der Waals surface area contributed by atoms with Gasteiger partial charge in [-0.05, 0) is 35.7 Å². The van der Waals surface area contributed by atoms with Gasteiger partial charge >= 0.3 is 0 Å². The summed E-state index contributed by atoms with van der Waals surface area (Å²) in [5, 5.41) is 9.89. The molecule has 0 atom stereocenters. The molecule has 0 unspecified atom stereocenters. The summed E-state index contributed by atoms with van der Waals surface area (Å²) in [6.07, 6.45) is 1.68. The maximum atomic E-state index is 10.8. The first-order valence-electron chi connectivity index (χ1n) is 5.62. The Bertz CT molecular complexity index is 544. The van der Waals surface area contributed by atoms with E-state index in [9.17, 15) is 9.90 Å². The van der Waals surface area contributed by atoms with Crippen LogP contribution in [0.4, 0.5) is 0 Å². The van der Waals surface area contributed by atoms with Gasteiger partial charge in [-0.2, -0.15) is 0 Å². The monoisotopic (exact) mass is 226 g/mol. The van der Waals surface area contributed by atoms with Crippen LogP contribution in [-0.2, 0) is 6.42 Å². The maximum absolute atomic E-state index is 10.8. The summed E-state index contributed by atoms with van der Waals surface area (Å²) in [7, 11) is 0. The zero-order chi connectivity index (χ0) is 12.3. The summed E-state index contributed by atoms with van der Waals surface area (Å²) in [6.45, 7) is 2.07. The molecule has 0 saturated heterocycles. The van der Waals surface area contributed by atoms with Crippen LogP contribution in [0.1, 0.15) is 22.8 Å². The van der Waals surface area contributed by atoms with Gasteiger partial charge < -0.3 is 5.11 Å². The van der Waals surface area contributed by atoms with Gasteiger partial charge in [-0.1, -0.05) is 31.2 Å². The predicted octanol–water partition coefficient (Wildman–Crippen LogP) is 3.43. The summed E-state index contributed by atoms with van der Waals surface area (Å²) < 4.78 is 0. The molecule has 17 heavy (non-hydrogen) atoms. The van der Waals surface area contributed by atoms with Crippen molar-refractivity contribution in [2.45, 2.75) is 13.3 Å². The molecule has 0 spiro atoms. The van der Waals surface area contributed by atoms with E-state index < -0.39 is 0 Å². The Morgan fingerprint density at radius 1 is 1.12 bits per heavy atom. The SMILES string of the molecule is CCc1ccccc1-c1cc(C=O)ccc1O. The number of rotatable bonds is 3. The topological polar surface area (TPSA) is 37.3 Å². The number of aryl methyl sites for hydroxylation is 1. The van der Waals surface area contributed by atoms with Crippen LogP contribution in [-0.4, -0.2) is 11.4 Å². The number of carbonyl (C=O) groups excluding carboxylic acids is 1. The van der Waals surface area contributed by atoms with E-state index in [-0.39, 0.29) is 5.75 Å². The van der Waals surface area contributed by atoms with Crippen molar-refractivity contribution in [2.75, 3.05) is 0 Å². The summed E-state index contributed by atoms with van der Waals surface area (Å²) in [6, 6.07) is 12.8. The van der Waals surface area contributed by atoms with Crippen LogP contribution in [0.3, 0.4) is 0 Å². The highest BCUT2D eigenvalue weighted by atomic mass is 16.3. The van der Waals surface area contributed by atoms with Gasteiger partial charge in [-0.25, -0.2) is 0 Å². The molecule has 0 heterocycles. The van der Waals surface area contributed by atoms with Crippen molar-refractivity contribution in [3.63, 3.8) is 0 Å². The average molecular weight is 226 g/mol. The van der Waals surface area contributed by atoms with E-state index in [1.165, 1.54) is 0 Å². The largest absolute Gasteiger partial charge is 0.507 e. The zero-order valence-corrected chi connectivity index (χ0v) is 9.68. The molecule has 0 bridgehead atoms. The second-order valence-electron chi connectivity index (χ2n) is 3.91. The molecular weight excluding hydrogens is 212 g/mol. The summed E-state index contributed by atoms with van der Waals surface area (Å²) in [4.78, 5) is 10.8. The number of aromatic hydroxyl groups is 1. The lowest BCUT2D eigenvalue weighted by Crippen LogP contribution is -1.89. The number of aldehydes is 1. The van der Waals surface area contributed by atoms with Gasteiger partial charge in [0.15, 0.2) is 0 Å². The van der Waals surface area contributed by atoms with E-state index in [1.54, 1.807) is 18.2 Å². The van der Waals surface area contributed by atoms with Crippen molar-refractivity contribution in [3.05, 3.63) is 53.6 Å². The molecule has 2 heteroatoms. The van der Waals surface area contributed by atoms with Crippen LogP contribution in [0.5, 0.6) is 5.75 Å². The van der Waals surface area contributed by atoms with E-state index in [1.807, 2.05) is 24.3 Å². The highest BCUT2D eigenvalue weighted by molar-refractivity contribution is 5.82. The standard InChI is InChI=1S/C15H14O2/c1-2-12-5-3-4-6-13(12)14-9-11(10-16)7-8-15(14)17/h3-10,17H,2H2,1H3. The normalized spacial score (nSPS) is 10.2. The molecule has 0 radical (unpaired) electrons. The van der Waals surface area contributed by atoms with Gasteiger partial charge in [-0.3, -0.25) is 4.79 Å². The average Bonchev–Trinajstić information content (AvgIpc) is 2.39. The quantitative estimate of drug-likeness (QED) is 0.814. The minimum Gasteiger partial charge on any atom is -0.507 e. The molecule has 2 rings (SSSR count). The fourth-order valence-electron chi connectivity index (χ4n) is 1.93. The molecule has 1 N–H and O–H groups in total. The van der Waals surface area contributed by atoms with E-state index in [0.29, 0.717) is 11.1 Å². The van der Waals surface area contributed by atoms with Crippen LogP contribution in [0, 0.1) is 0 Å². The Morgan fingerprint density at radius 2 is 1.88 bits per heavy atom. The van der Waals surface area contributed by atoms with Crippen molar-refractivity contribution < 1.29 is 9.90 Å². The van der Waals surface area contributed by atoms with E-state index in [2.05, 4.69) is 6.92 Å². The lowest BCUT2D eigenvalue weighted by Gasteiger charge is -2.10. The molecule has 2 nitrogen and oxygen atoms in total. The first-order valence-corrected chi connectivity index (χ1v) is 5.62. The molecule has 0 aliphatic rings. The second kappa shape index (κ2) is 4.83. The Kier molecular flexibility index (Phi) is 3.24. The lowest BCUT2D eigenvalue weighted by molar-refractivity contribution is 0.112. The van der Waals surface area contributed by atoms with Crippen LogP contribution in [0.15, 0.2) is 42.5 Å². The van der Waals surface area contributed by atoms with Gasteiger partial charge in [-0.15, -0.1) is 0 Å². The predicted molar refractivity (Wildman–Crippen MR) is 68.3 cm³/mol. The molecule has 0 fully saturated rings. The van der Waals surface area contributed by atoms with Gasteiger partial charge in [0.1, 0.15) is 12.0 Å². The maximum Gasteiger partial charge on any atom is 0.150 e. The molecule has 0 saturated carbocycles. The van der Waals surface area contributed by atoms with Crippen molar-refractivity contribution >= 4 is 6.29 Å². The number of benzene rings is 2. The highest BCUT2D eigenvalue weighted by Crippen LogP contribution is 2.32. The van der Waals surface area contributed by atoms with E-state index >= 15 is 0 Å². The number of hydrogen-bond donors (Lipinski definition) is 1. The third-order valence-corrected chi connectivity index (χ3v) is 2.85. The summed E-state index contributed by atoms with van der Waals surface area (Å²) in [5.74, 6) is 0.205. The zero-order valence-electron chi connectivity index (χ0n) is 9.68. The van der Waals surface area contributed by atoms with Crippen molar-refractivity contribution in [3.8, 4) is 16.9 Å². The third kappa shape index (κ3) is 2.21. The Hall–Kier alpha value is -2.09. The van der Waals surface area contributed by atoms with E-state index in [0.717, 1.165) is 23.8 Å². The number of hydrogen-bond acceptors (Lipinski definition) is 2. The Morgan fingerprint density at radius 3 is 2.59 bits per heavy atom. The summed E-state index contributed by atoms with van der Waals surface area (Å²) >= 11 is 0. The van der Waals surface area contributed by atoms with Crippen LogP contribution < -0.4 is 0 Å². The minimum atomic E-state index is 0.205. The molecule has 0 aliphatic carbocycles. The van der Waals surface area contributed by atoms with Crippen molar-refractivity contribution in [1.29, 1.82) is 0 Å². The fraction of sp³-hybridized carbons (Fsp3) is 0.133. The first kappa shape index (κ1) is 11.4.